The zero-order valence-corrected chi connectivity index (χ0v) is 19.9. The number of oxazole rings is 1. The third-order valence-corrected chi connectivity index (χ3v) is 6.50. The van der Waals surface area contributed by atoms with Crippen molar-refractivity contribution >= 4 is 22.7 Å². The maximum absolute atomic E-state index is 13.5. The van der Waals surface area contributed by atoms with E-state index in [2.05, 4.69) is 31.3 Å². The van der Waals surface area contributed by atoms with E-state index in [1.165, 1.54) is 5.56 Å². The zero-order valence-electron chi connectivity index (χ0n) is 19.9. The molecule has 0 radical (unpaired) electrons. The van der Waals surface area contributed by atoms with Crippen LogP contribution in [0.1, 0.15) is 48.8 Å². The average Bonchev–Trinajstić information content (AvgIpc) is 3.33. The summed E-state index contributed by atoms with van der Waals surface area (Å²) >= 11 is 0. The SMILES string of the molecule is CC[C@@H](C)c1ccc2oc(-c3cccc(NC(=O)C(c4ccccc4)c4ccccc4)c3)nc2c1. The highest BCUT2D eigenvalue weighted by molar-refractivity contribution is 5.98. The minimum atomic E-state index is -0.413. The third-order valence-electron chi connectivity index (χ3n) is 6.50. The molecular weight excluding hydrogens is 432 g/mol. The number of amides is 1. The molecule has 4 aromatic carbocycles. The average molecular weight is 461 g/mol. The Morgan fingerprint density at radius 2 is 1.51 bits per heavy atom. The second kappa shape index (κ2) is 9.98. The Morgan fingerprint density at radius 3 is 2.17 bits per heavy atom. The number of anilines is 1. The normalized spacial score (nSPS) is 12.1. The number of nitrogens with one attached hydrogen (secondary N) is 1. The third kappa shape index (κ3) is 4.87. The number of benzene rings is 4. The van der Waals surface area contributed by atoms with E-state index in [1.807, 2.05) is 91.0 Å². The van der Waals surface area contributed by atoms with Crippen LogP contribution in [0.4, 0.5) is 5.69 Å². The second-order valence-corrected chi connectivity index (χ2v) is 8.88. The molecular formula is C31H28N2O2. The van der Waals surface area contributed by atoms with Gasteiger partial charge in [-0.15, -0.1) is 0 Å². The van der Waals surface area contributed by atoms with Crippen molar-refractivity contribution in [1.29, 1.82) is 0 Å². The number of hydrogen-bond acceptors (Lipinski definition) is 3. The van der Waals surface area contributed by atoms with Crippen molar-refractivity contribution in [1.82, 2.24) is 4.98 Å². The molecule has 4 nitrogen and oxygen atoms in total. The summed E-state index contributed by atoms with van der Waals surface area (Å²) in [6, 6.07) is 33.5. The van der Waals surface area contributed by atoms with Gasteiger partial charge in [-0.1, -0.05) is 86.6 Å². The predicted molar refractivity (Wildman–Crippen MR) is 142 cm³/mol. The van der Waals surface area contributed by atoms with E-state index in [4.69, 9.17) is 9.40 Å². The van der Waals surface area contributed by atoms with Crippen molar-refractivity contribution in [3.05, 3.63) is 120 Å². The van der Waals surface area contributed by atoms with Crippen LogP contribution < -0.4 is 5.32 Å². The Labute approximate surface area is 205 Å². The van der Waals surface area contributed by atoms with E-state index in [0.717, 1.165) is 34.2 Å². The molecule has 1 N–H and O–H groups in total. The summed E-state index contributed by atoms with van der Waals surface area (Å²) in [6.45, 7) is 4.40. The molecule has 0 aliphatic carbocycles. The van der Waals surface area contributed by atoms with Crippen LogP contribution in [-0.2, 0) is 4.79 Å². The first-order valence-electron chi connectivity index (χ1n) is 12.0. The number of carbonyl (C=O) groups is 1. The summed E-state index contributed by atoms with van der Waals surface area (Å²) < 4.78 is 6.04. The van der Waals surface area contributed by atoms with Crippen molar-refractivity contribution in [3.63, 3.8) is 0 Å². The molecule has 0 spiro atoms. The van der Waals surface area contributed by atoms with E-state index in [-0.39, 0.29) is 5.91 Å². The van der Waals surface area contributed by atoms with Crippen molar-refractivity contribution in [3.8, 4) is 11.5 Å². The fourth-order valence-electron chi connectivity index (χ4n) is 4.34. The largest absolute Gasteiger partial charge is 0.436 e. The Morgan fingerprint density at radius 1 is 0.829 bits per heavy atom. The number of nitrogens with zero attached hydrogens (tertiary/aromatic N) is 1. The van der Waals surface area contributed by atoms with Crippen molar-refractivity contribution in [2.45, 2.75) is 32.1 Å². The van der Waals surface area contributed by atoms with E-state index >= 15 is 0 Å². The van der Waals surface area contributed by atoms with Crippen LogP contribution in [-0.4, -0.2) is 10.9 Å². The van der Waals surface area contributed by atoms with Gasteiger partial charge in [0.25, 0.3) is 0 Å². The zero-order chi connectivity index (χ0) is 24.2. The van der Waals surface area contributed by atoms with Crippen LogP contribution in [0.5, 0.6) is 0 Å². The predicted octanol–water partition coefficient (Wildman–Crippen LogP) is 7.78. The maximum atomic E-state index is 13.5. The van der Waals surface area contributed by atoms with Gasteiger partial charge in [0.2, 0.25) is 11.8 Å². The summed E-state index contributed by atoms with van der Waals surface area (Å²) in [6.07, 6.45) is 1.07. The highest BCUT2D eigenvalue weighted by Crippen LogP contribution is 2.30. The lowest BCUT2D eigenvalue weighted by molar-refractivity contribution is -0.116. The van der Waals surface area contributed by atoms with Gasteiger partial charge in [-0.3, -0.25) is 4.79 Å². The summed E-state index contributed by atoms with van der Waals surface area (Å²) in [5.74, 6) is 0.514. The monoisotopic (exact) mass is 460 g/mol. The molecule has 0 bridgehead atoms. The lowest BCUT2D eigenvalue weighted by atomic mass is 9.90. The standard InChI is InChI=1S/C31H28N2O2/c1-3-21(2)24-17-18-28-27(20-24)33-31(35-28)25-15-10-16-26(19-25)32-30(34)29(22-11-6-4-7-12-22)23-13-8-5-9-14-23/h4-21,29H,3H2,1-2H3,(H,32,34)/t21-/m1/s1. The lowest BCUT2D eigenvalue weighted by Crippen LogP contribution is -2.22. The van der Waals surface area contributed by atoms with Crippen LogP contribution in [0.15, 0.2) is 108 Å². The van der Waals surface area contributed by atoms with Crippen molar-refractivity contribution < 1.29 is 9.21 Å². The van der Waals surface area contributed by atoms with Crippen LogP contribution in [0.2, 0.25) is 0 Å². The molecule has 1 atom stereocenters. The highest BCUT2D eigenvalue weighted by Gasteiger charge is 2.23. The van der Waals surface area contributed by atoms with Crippen molar-refractivity contribution in [2.75, 3.05) is 5.32 Å². The fraction of sp³-hybridized carbons (Fsp3) is 0.161. The molecule has 1 heterocycles. The van der Waals surface area contributed by atoms with Gasteiger partial charge in [0, 0.05) is 11.3 Å². The molecule has 5 rings (SSSR count). The quantitative estimate of drug-likeness (QED) is 0.270. The minimum Gasteiger partial charge on any atom is -0.436 e. The number of fused-ring (bicyclic) bond motifs is 1. The van der Waals surface area contributed by atoms with Gasteiger partial charge in [0.05, 0.1) is 5.92 Å². The number of hydrogen-bond donors (Lipinski definition) is 1. The van der Waals surface area contributed by atoms with E-state index in [1.54, 1.807) is 0 Å². The van der Waals surface area contributed by atoms with E-state index in [9.17, 15) is 4.79 Å². The Balaban J connectivity index is 1.43. The number of carbonyl (C=O) groups excluding carboxylic acids is 1. The molecule has 1 aromatic heterocycles. The van der Waals surface area contributed by atoms with Crippen LogP contribution >= 0.6 is 0 Å². The molecule has 4 heteroatoms. The van der Waals surface area contributed by atoms with Crippen LogP contribution in [0.3, 0.4) is 0 Å². The molecule has 174 valence electrons. The second-order valence-electron chi connectivity index (χ2n) is 8.88. The highest BCUT2D eigenvalue weighted by atomic mass is 16.3. The summed E-state index contributed by atoms with van der Waals surface area (Å²) in [4.78, 5) is 18.2. The first kappa shape index (κ1) is 22.6. The molecule has 0 fully saturated rings. The lowest BCUT2D eigenvalue weighted by Gasteiger charge is -2.18. The van der Waals surface area contributed by atoms with E-state index < -0.39 is 5.92 Å². The molecule has 1 amide bonds. The molecule has 5 aromatic rings. The molecule has 0 unspecified atom stereocenters. The molecule has 35 heavy (non-hydrogen) atoms. The molecule has 0 saturated carbocycles. The summed E-state index contributed by atoms with van der Waals surface area (Å²) in [7, 11) is 0. The molecule has 0 aliphatic rings. The topological polar surface area (TPSA) is 55.1 Å². The van der Waals surface area contributed by atoms with Crippen molar-refractivity contribution in [2.24, 2.45) is 0 Å². The first-order valence-corrected chi connectivity index (χ1v) is 12.0. The summed E-state index contributed by atoms with van der Waals surface area (Å²) in [5.41, 5.74) is 6.28. The fourth-order valence-corrected chi connectivity index (χ4v) is 4.34. The first-order chi connectivity index (χ1) is 17.1. The maximum Gasteiger partial charge on any atom is 0.236 e. The van der Waals surface area contributed by atoms with Gasteiger partial charge in [0.15, 0.2) is 5.58 Å². The summed E-state index contributed by atoms with van der Waals surface area (Å²) in [5, 5.41) is 3.11. The molecule has 0 saturated heterocycles. The van der Waals surface area contributed by atoms with Crippen LogP contribution in [0, 0.1) is 0 Å². The van der Waals surface area contributed by atoms with Crippen LogP contribution in [0.25, 0.3) is 22.6 Å². The number of rotatable bonds is 7. The smallest absolute Gasteiger partial charge is 0.236 e. The van der Waals surface area contributed by atoms with Gasteiger partial charge in [-0.05, 0) is 59.4 Å². The Hall–Kier alpha value is -4.18. The van der Waals surface area contributed by atoms with Gasteiger partial charge in [0.1, 0.15) is 5.52 Å². The van der Waals surface area contributed by atoms with Gasteiger partial charge in [-0.2, -0.15) is 0 Å². The Kier molecular flexibility index (Phi) is 6.44. The van der Waals surface area contributed by atoms with Gasteiger partial charge < -0.3 is 9.73 Å². The number of aromatic nitrogens is 1. The minimum absolute atomic E-state index is 0.0877. The van der Waals surface area contributed by atoms with Gasteiger partial charge in [-0.25, -0.2) is 4.98 Å². The molecule has 0 aliphatic heterocycles. The van der Waals surface area contributed by atoms with Gasteiger partial charge >= 0.3 is 0 Å². The Bertz CT molecular complexity index is 1400. The van der Waals surface area contributed by atoms with E-state index in [0.29, 0.717) is 17.5 Å².